The average Bonchev–Trinajstić information content (AvgIpc) is 3.93. The topological polar surface area (TPSA) is 32.8 Å². The zero-order valence-corrected chi connectivity index (χ0v) is 41.2. The summed E-state index contributed by atoms with van der Waals surface area (Å²) in [4.78, 5) is 4.88. The molecule has 4 heteroatoms. The van der Waals surface area contributed by atoms with E-state index in [4.69, 9.17) is 8.83 Å². The van der Waals surface area contributed by atoms with Crippen molar-refractivity contribution < 1.29 is 8.83 Å². The number of furan rings is 2. The van der Waals surface area contributed by atoms with Gasteiger partial charge in [-0.15, -0.1) is 0 Å². The number of para-hydroxylation sites is 3. The molecule has 0 fully saturated rings. The van der Waals surface area contributed by atoms with Gasteiger partial charge in [-0.1, -0.05) is 159 Å². The number of hydrogen-bond donors (Lipinski definition) is 0. The molecule has 0 radical (unpaired) electrons. The maximum Gasteiger partial charge on any atom is 0.159 e. The molecule has 2 heterocycles. The largest absolute Gasteiger partial charge is 0.454 e. The summed E-state index contributed by atoms with van der Waals surface area (Å²) < 4.78 is 13.8. The standard InChI is InChI=1S/C65H58N2O2/c1-37(2)42-21-25-44(26-22-42)66(56-17-12-15-49-46-14-10-11-19-60(46)68-64(49)56)58-35-53(39(5)6)47-30-32-52-59(36-54(40(7)8)48-29-31-51(58)62(47)63(48)52)67(45-27-23-43(24-28-45)38(3)4)57-18-13-16-50-55-34-41(9)20-33-61(55)69-65(50)57/h10-29,31,33,35-41H,34H2,1-9H3. The Labute approximate surface area is 405 Å². The summed E-state index contributed by atoms with van der Waals surface area (Å²) in [7, 11) is 0. The fourth-order valence-electron chi connectivity index (χ4n) is 11.2. The Morgan fingerprint density at radius 1 is 0.478 bits per heavy atom. The highest BCUT2D eigenvalue weighted by Gasteiger charge is 2.29. The number of hydrogen-bond acceptors (Lipinski definition) is 4. The van der Waals surface area contributed by atoms with E-state index < -0.39 is 0 Å². The fourth-order valence-corrected chi connectivity index (χ4v) is 11.2. The SMILES string of the molecule is CC1C=Cc2oc3c(N(c4ccc(C(C)C)cc4)c4cc(C(C)C)c5ccc6c(N(c7ccc(C(C)C)cc7)c7cccc8c7oc7ccccc78)cc(C(C)C)c7c#cc4c5c76)cccc3c2C1. The normalized spacial score (nSPS) is 14.0. The molecule has 1 atom stereocenters. The van der Waals surface area contributed by atoms with E-state index in [1.54, 1.807) is 0 Å². The van der Waals surface area contributed by atoms with Crippen LogP contribution < -0.4 is 9.80 Å². The van der Waals surface area contributed by atoms with Crippen LogP contribution in [0, 0.1) is 18.1 Å². The van der Waals surface area contributed by atoms with Gasteiger partial charge in [0, 0.05) is 54.6 Å². The van der Waals surface area contributed by atoms with Crippen molar-refractivity contribution in [1.82, 2.24) is 0 Å². The molecule has 12 rings (SSSR count). The minimum absolute atomic E-state index is 0.199. The Kier molecular flexibility index (Phi) is 10.2. The fraction of sp³-hybridized carbons (Fsp3) is 0.231. The van der Waals surface area contributed by atoms with E-state index in [-0.39, 0.29) is 11.8 Å². The molecule has 69 heavy (non-hydrogen) atoms. The molecular weight excluding hydrogens is 841 g/mol. The van der Waals surface area contributed by atoms with Gasteiger partial charge in [0.1, 0.15) is 11.3 Å². The lowest BCUT2D eigenvalue weighted by atomic mass is 9.85. The van der Waals surface area contributed by atoms with Crippen LogP contribution in [0.5, 0.6) is 0 Å². The van der Waals surface area contributed by atoms with E-state index in [0.29, 0.717) is 17.8 Å². The molecule has 0 saturated carbocycles. The molecular formula is C65H58N2O2. The van der Waals surface area contributed by atoms with Gasteiger partial charge in [-0.2, -0.15) is 0 Å². The summed E-state index contributed by atoms with van der Waals surface area (Å²) >= 11 is 0. The van der Waals surface area contributed by atoms with Crippen molar-refractivity contribution in [1.29, 1.82) is 0 Å². The van der Waals surface area contributed by atoms with Crippen LogP contribution in [0.15, 0.2) is 148 Å². The Morgan fingerprint density at radius 3 is 1.68 bits per heavy atom. The van der Waals surface area contributed by atoms with Crippen LogP contribution in [-0.2, 0) is 6.42 Å². The van der Waals surface area contributed by atoms with E-state index in [2.05, 4.69) is 230 Å². The number of fused-ring (bicyclic) bond motifs is 6. The van der Waals surface area contributed by atoms with Crippen LogP contribution >= 0.6 is 0 Å². The van der Waals surface area contributed by atoms with Crippen LogP contribution in [0.4, 0.5) is 34.1 Å². The van der Waals surface area contributed by atoms with Crippen molar-refractivity contribution in [2.75, 3.05) is 9.80 Å². The monoisotopic (exact) mass is 898 g/mol. The van der Waals surface area contributed by atoms with Crippen molar-refractivity contribution in [2.45, 2.75) is 92.4 Å². The molecule has 0 saturated heterocycles. The third-order valence-corrected chi connectivity index (χ3v) is 14.9. The number of rotatable bonds is 10. The second-order valence-corrected chi connectivity index (χ2v) is 20.7. The summed E-state index contributed by atoms with van der Waals surface area (Å²) in [5, 5.41) is 10.3. The van der Waals surface area contributed by atoms with Gasteiger partial charge in [0.05, 0.1) is 28.1 Å². The quantitative estimate of drug-likeness (QED) is 0.128. The van der Waals surface area contributed by atoms with E-state index in [1.807, 2.05) is 0 Å². The smallest absolute Gasteiger partial charge is 0.159 e. The molecule has 0 amide bonds. The van der Waals surface area contributed by atoms with Crippen molar-refractivity contribution in [3.05, 3.63) is 185 Å². The third kappa shape index (κ3) is 6.80. The van der Waals surface area contributed by atoms with Gasteiger partial charge in [0.25, 0.3) is 0 Å². The number of anilines is 6. The van der Waals surface area contributed by atoms with Gasteiger partial charge < -0.3 is 18.6 Å². The molecule has 0 bridgehead atoms. The second kappa shape index (κ2) is 16.3. The van der Waals surface area contributed by atoms with Crippen molar-refractivity contribution in [3.8, 4) is 0 Å². The summed E-state index contributed by atoms with van der Waals surface area (Å²) in [6.45, 7) is 20.6. The lowest BCUT2D eigenvalue weighted by Gasteiger charge is -2.31. The van der Waals surface area contributed by atoms with E-state index in [9.17, 15) is 0 Å². The Morgan fingerprint density at radius 2 is 1.03 bits per heavy atom. The summed E-state index contributed by atoms with van der Waals surface area (Å²) in [5.41, 5.74) is 15.4. The first-order chi connectivity index (χ1) is 33.4. The van der Waals surface area contributed by atoms with Gasteiger partial charge >= 0.3 is 0 Å². The molecule has 1 unspecified atom stereocenters. The van der Waals surface area contributed by atoms with Crippen LogP contribution in [0.2, 0.25) is 0 Å². The van der Waals surface area contributed by atoms with E-state index >= 15 is 0 Å². The predicted molar refractivity (Wildman–Crippen MR) is 292 cm³/mol. The van der Waals surface area contributed by atoms with Crippen molar-refractivity contribution in [2.24, 2.45) is 5.92 Å². The van der Waals surface area contributed by atoms with Crippen LogP contribution in [0.3, 0.4) is 0 Å². The number of allylic oxidation sites excluding steroid dienone is 1. The van der Waals surface area contributed by atoms with E-state index in [0.717, 1.165) is 90.0 Å². The Balaban J connectivity index is 1.19. The van der Waals surface area contributed by atoms with E-state index in [1.165, 1.54) is 49.4 Å². The number of benzene rings is 8. The summed E-state index contributed by atoms with van der Waals surface area (Å²) in [6.07, 6.45) is 5.39. The number of nitrogens with zero attached hydrogens (tertiary/aromatic N) is 2. The maximum atomic E-state index is 6.94. The van der Waals surface area contributed by atoms with Gasteiger partial charge in [0.2, 0.25) is 0 Å². The van der Waals surface area contributed by atoms with Gasteiger partial charge in [-0.05, 0) is 124 Å². The zero-order valence-electron chi connectivity index (χ0n) is 41.2. The minimum atomic E-state index is 0.199. The Bertz CT molecular complexity index is 3790. The highest BCUT2D eigenvalue weighted by atomic mass is 16.3. The van der Waals surface area contributed by atoms with Gasteiger partial charge in [0.15, 0.2) is 11.2 Å². The molecule has 9 aromatic carbocycles. The lowest BCUT2D eigenvalue weighted by Crippen LogP contribution is -2.13. The van der Waals surface area contributed by atoms with Crippen LogP contribution in [-0.4, -0.2) is 0 Å². The first-order valence-electron chi connectivity index (χ1n) is 25.0. The van der Waals surface area contributed by atoms with Gasteiger partial charge in [-0.25, -0.2) is 0 Å². The maximum absolute atomic E-state index is 6.94. The van der Waals surface area contributed by atoms with Gasteiger partial charge in [-0.3, -0.25) is 0 Å². The van der Waals surface area contributed by atoms with Crippen LogP contribution in [0.25, 0.3) is 71.3 Å². The van der Waals surface area contributed by atoms with Crippen LogP contribution in [0.1, 0.15) is 120 Å². The second-order valence-electron chi connectivity index (χ2n) is 20.7. The molecule has 11 aromatic rings. The summed E-state index contributed by atoms with van der Waals surface area (Å²) in [5.74, 6) is 2.64. The molecule has 0 aliphatic heterocycles. The minimum Gasteiger partial charge on any atom is -0.454 e. The highest BCUT2D eigenvalue weighted by Crippen LogP contribution is 2.52. The predicted octanol–water partition coefficient (Wildman–Crippen LogP) is 19.5. The first kappa shape index (κ1) is 42.8. The molecule has 0 N–H and O–H groups in total. The zero-order chi connectivity index (χ0) is 47.4. The third-order valence-electron chi connectivity index (χ3n) is 14.9. The molecule has 4 nitrogen and oxygen atoms in total. The Hall–Kier alpha value is -7.48. The summed E-state index contributed by atoms with van der Waals surface area (Å²) in [6, 6.07) is 57.2. The molecule has 340 valence electrons. The van der Waals surface area contributed by atoms with Crippen molar-refractivity contribution in [3.63, 3.8) is 0 Å². The molecule has 2 aromatic heterocycles. The van der Waals surface area contributed by atoms with Crippen molar-refractivity contribution >= 4 is 105 Å². The molecule has 0 spiro atoms. The molecule has 1 aliphatic carbocycles. The molecule has 1 aliphatic rings. The highest BCUT2D eigenvalue weighted by molar-refractivity contribution is 6.29. The lowest BCUT2D eigenvalue weighted by molar-refractivity contribution is 0.584. The first-order valence-corrected chi connectivity index (χ1v) is 25.0. The average molecular weight is 899 g/mol.